The van der Waals surface area contributed by atoms with E-state index in [-0.39, 0.29) is 0 Å². The zero-order chi connectivity index (χ0) is 17.8. The van der Waals surface area contributed by atoms with E-state index in [2.05, 4.69) is 47.4 Å². The Morgan fingerprint density at radius 3 is 3.07 bits per heavy atom. The summed E-state index contributed by atoms with van der Waals surface area (Å²) in [4.78, 5) is 8.18. The maximum absolute atomic E-state index is 4.50. The fourth-order valence-corrected chi connectivity index (χ4v) is 5.59. The van der Waals surface area contributed by atoms with Crippen molar-refractivity contribution in [2.75, 3.05) is 18.1 Å². The molecule has 8 heteroatoms. The van der Waals surface area contributed by atoms with E-state index in [1.54, 1.807) is 0 Å². The topological polar surface area (TPSA) is 67.5 Å². The standard InChI is InChI=1S/C19H23N7S/c1-2-17-19(27-12-21-17)7-15(1)25-10-14-9-24(6-4-16(14)22-25)26-11-13-3-5-20-8-18(13)23-26/h10-12,15,20H,1-9H2/p+2. The van der Waals surface area contributed by atoms with Gasteiger partial charge < -0.3 is 5.32 Å². The van der Waals surface area contributed by atoms with Crippen LogP contribution in [0.3, 0.4) is 0 Å². The molecule has 0 bridgehead atoms. The minimum absolute atomic E-state index is 0.536. The van der Waals surface area contributed by atoms with Gasteiger partial charge in [0.25, 0.3) is 0 Å². The molecule has 3 aromatic heterocycles. The van der Waals surface area contributed by atoms with E-state index < -0.39 is 0 Å². The molecule has 3 N–H and O–H groups in total. The predicted octanol–water partition coefficient (Wildman–Crippen LogP) is 0.444. The van der Waals surface area contributed by atoms with Crippen LogP contribution in [0, 0.1) is 0 Å². The number of aromatic amines is 2. The van der Waals surface area contributed by atoms with E-state index in [1.807, 2.05) is 16.8 Å². The number of hydrogen-bond donors (Lipinski definition) is 3. The lowest BCUT2D eigenvalue weighted by Crippen LogP contribution is -2.60. The summed E-state index contributed by atoms with van der Waals surface area (Å²) in [7, 11) is 0. The van der Waals surface area contributed by atoms with E-state index in [1.165, 1.54) is 39.5 Å². The molecule has 0 radical (unpaired) electrons. The second-order valence-corrected chi connectivity index (χ2v) is 8.86. The van der Waals surface area contributed by atoms with Gasteiger partial charge in [-0.3, -0.25) is 0 Å². The van der Waals surface area contributed by atoms with E-state index >= 15 is 0 Å². The first kappa shape index (κ1) is 15.8. The number of H-pyrrole nitrogens is 2. The van der Waals surface area contributed by atoms with Gasteiger partial charge in [-0.2, -0.15) is 10.1 Å². The highest BCUT2D eigenvalue weighted by atomic mass is 32.1. The van der Waals surface area contributed by atoms with Crippen LogP contribution < -0.4 is 19.8 Å². The number of rotatable bonds is 2. The number of aryl methyl sites for hydroxylation is 1. The lowest BCUT2D eigenvalue weighted by atomic mass is 9.98. The van der Waals surface area contributed by atoms with Crippen LogP contribution >= 0.6 is 11.3 Å². The van der Waals surface area contributed by atoms with Crippen molar-refractivity contribution >= 4 is 11.3 Å². The number of thiazole rings is 1. The summed E-state index contributed by atoms with van der Waals surface area (Å²) >= 11 is 1.81. The first-order valence-electron chi connectivity index (χ1n) is 9.95. The van der Waals surface area contributed by atoms with Gasteiger partial charge in [-0.1, -0.05) is 0 Å². The molecule has 0 spiro atoms. The summed E-state index contributed by atoms with van der Waals surface area (Å²) in [6.07, 6.45) is 10.2. The molecule has 27 heavy (non-hydrogen) atoms. The Kier molecular flexibility index (Phi) is 3.62. The lowest BCUT2D eigenvalue weighted by Gasteiger charge is -2.18. The molecule has 5 heterocycles. The quantitative estimate of drug-likeness (QED) is 0.563. The number of hydrogen-bond acceptors (Lipinski definition) is 4. The number of fused-ring (bicyclic) bond motifs is 3. The number of aromatic nitrogens is 5. The Morgan fingerprint density at radius 2 is 2.11 bits per heavy atom. The fraction of sp³-hybridized carbons (Fsp3) is 0.526. The Hall–Kier alpha value is -2.19. The zero-order valence-electron chi connectivity index (χ0n) is 15.4. The molecule has 1 atom stereocenters. The maximum atomic E-state index is 4.50. The molecule has 2 aliphatic heterocycles. The smallest absolute Gasteiger partial charge is 0.233 e. The third-order valence-corrected chi connectivity index (χ3v) is 7.16. The average Bonchev–Trinajstić information content (AvgIpc) is 3.42. The summed E-state index contributed by atoms with van der Waals surface area (Å²) in [6, 6.07) is 0.536. The molecule has 0 amide bonds. The molecular formula is C19H25N7S+2. The molecule has 1 unspecified atom stereocenters. The van der Waals surface area contributed by atoms with Crippen LogP contribution in [0.4, 0.5) is 0 Å². The van der Waals surface area contributed by atoms with Crippen LogP contribution in [0.15, 0.2) is 17.9 Å². The molecule has 140 valence electrons. The molecule has 7 nitrogen and oxygen atoms in total. The van der Waals surface area contributed by atoms with Crippen molar-refractivity contribution in [3.05, 3.63) is 51.0 Å². The van der Waals surface area contributed by atoms with Gasteiger partial charge in [0.2, 0.25) is 12.4 Å². The molecule has 6 rings (SSSR count). The maximum Gasteiger partial charge on any atom is 0.233 e. The first-order chi connectivity index (χ1) is 13.3. The first-order valence-corrected chi connectivity index (χ1v) is 10.8. The average molecular weight is 384 g/mol. The van der Waals surface area contributed by atoms with Crippen molar-refractivity contribution in [2.45, 2.75) is 51.2 Å². The lowest BCUT2D eigenvalue weighted by molar-refractivity contribution is -0.775. The number of nitrogens with one attached hydrogen (secondary N) is 3. The fourth-order valence-electron chi connectivity index (χ4n) is 4.70. The van der Waals surface area contributed by atoms with Crippen LogP contribution in [0.2, 0.25) is 0 Å². The Balaban J connectivity index is 1.23. The monoisotopic (exact) mass is 383 g/mol. The van der Waals surface area contributed by atoms with Gasteiger partial charge in [0.05, 0.1) is 34.7 Å². The summed E-state index contributed by atoms with van der Waals surface area (Å²) in [5.74, 6) is 0. The van der Waals surface area contributed by atoms with Gasteiger partial charge in [0, 0.05) is 41.0 Å². The van der Waals surface area contributed by atoms with Crippen molar-refractivity contribution in [3.8, 4) is 0 Å². The van der Waals surface area contributed by atoms with E-state index in [0.717, 1.165) is 51.9 Å². The summed E-state index contributed by atoms with van der Waals surface area (Å²) in [5.41, 5.74) is 8.93. The molecule has 0 saturated heterocycles. The van der Waals surface area contributed by atoms with Crippen LogP contribution in [0.1, 0.15) is 45.5 Å². The van der Waals surface area contributed by atoms with Crippen molar-refractivity contribution in [1.82, 2.24) is 20.5 Å². The minimum atomic E-state index is 0.536. The van der Waals surface area contributed by atoms with Gasteiger partial charge in [0.15, 0.2) is 6.04 Å². The second kappa shape index (κ2) is 6.17. The van der Waals surface area contributed by atoms with Crippen molar-refractivity contribution < 1.29 is 9.47 Å². The van der Waals surface area contributed by atoms with Gasteiger partial charge in [-0.25, -0.2) is 4.98 Å². The molecule has 3 aliphatic rings. The predicted molar refractivity (Wildman–Crippen MR) is 101 cm³/mol. The normalized spacial score (nSPS) is 21.6. The third kappa shape index (κ3) is 2.70. The largest absolute Gasteiger partial charge is 0.311 e. The van der Waals surface area contributed by atoms with Gasteiger partial charge in [-0.15, -0.1) is 21.1 Å². The van der Waals surface area contributed by atoms with Gasteiger partial charge >= 0.3 is 0 Å². The molecule has 1 aliphatic carbocycles. The SMILES string of the molecule is c1nc2c(s1)CC([n+]1cc3c([nH]1)CCN([n+]1cc4c([nH]1)CNCC4)C3)CC2. The van der Waals surface area contributed by atoms with Crippen LogP contribution in [-0.2, 0) is 38.8 Å². The Labute approximate surface area is 162 Å². The Bertz CT molecular complexity index is 961. The molecule has 0 aromatic carbocycles. The Morgan fingerprint density at radius 1 is 1.11 bits per heavy atom. The van der Waals surface area contributed by atoms with Crippen molar-refractivity contribution in [3.63, 3.8) is 0 Å². The van der Waals surface area contributed by atoms with E-state index in [9.17, 15) is 0 Å². The van der Waals surface area contributed by atoms with E-state index in [4.69, 9.17) is 0 Å². The third-order valence-electron chi connectivity index (χ3n) is 6.27. The van der Waals surface area contributed by atoms with Crippen molar-refractivity contribution in [2.24, 2.45) is 0 Å². The minimum Gasteiger partial charge on any atom is -0.311 e. The summed E-state index contributed by atoms with van der Waals surface area (Å²) in [5, 5.41) is 13.1. The zero-order valence-corrected chi connectivity index (χ0v) is 16.2. The summed E-state index contributed by atoms with van der Waals surface area (Å²) in [6.45, 7) is 4.02. The molecular weight excluding hydrogens is 358 g/mol. The van der Waals surface area contributed by atoms with Crippen LogP contribution in [0.5, 0.6) is 0 Å². The molecule has 0 fully saturated rings. The highest BCUT2D eigenvalue weighted by Crippen LogP contribution is 2.28. The second-order valence-electron chi connectivity index (χ2n) is 7.93. The molecule has 0 saturated carbocycles. The van der Waals surface area contributed by atoms with Crippen LogP contribution in [0.25, 0.3) is 0 Å². The highest BCUT2D eigenvalue weighted by Gasteiger charge is 2.33. The highest BCUT2D eigenvalue weighted by molar-refractivity contribution is 7.09. The van der Waals surface area contributed by atoms with E-state index in [0.29, 0.717) is 6.04 Å². The van der Waals surface area contributed by atoms with Gasteiger partial charge in [-0.05, 0) is 19.4 Å². The summed E-state index contributed by atoms with van der Waals surface area (Å²) < 4.78 is 2.37. The number of nitrogens with zero attached hydrogens (tertiary/aromatic N) is 4. The van der Waals surface area contributed by atoms with Gasteiger partial charge in [0.1, 0.15) is 6.54 Å². The van der Waals surface area contributed by atoms with Crippen LogP contribution in [-0.4, -0.2) is 28.3 Å². The molecule has 3 aromatic rings. The van der Waals surface area contributed by atoms with Crippen molar-refractivity contribution in [1.29, 1.82) is 0 Å².